The topological polar surface area (TPSA) is 110 Å². The lowest BCUT2D eigenvalue weighted by molar-refractivity contribution is -0.123. The molecule has 0 spiro atoms. The van der Waals surface area contributed by atoms with Crippen LogP contribution in [0.4, 0.5) is 20.4 Å². The summed E-state index contributed by atoms with van der Waals surface area (Å²) in [5.74, 6) is -3.03. The van der Waals surface area contributed by atoms with E-state index in [2.05, 4.69) is 30.9 Å². The SMILES string of the molecule is CC(C)NC(=O)COc1ccc(-c2nc(Nc3ccc4[nH]ncc4c3Cl)n(C)n2)c(F)c1F. The Bertz CT molecular complexity index is 1340. The van der Waals surface area contributed by atoms with E-state index < -0.39 is 24.1 Å². The molecule has 2 heterocycles. The third-order valence-electron chi connectivity index (χ3n) is 4.66. The highest BCUT2D eigenvalue weighted by molar-refractivity contribution is 6.38. The number of anilines is 2. The summed E-state index contributed by atoms with van der Waals surface area (Å²) in [6.45, 7) is 3.12. The Kier molecular flexibility index (Phi) is 6.14. The zero-order chi connectivity index (χ0) is 23.7. The van der Waals surface area contributed by atoms with Gasteiger partial charge in [0.05, 0.1) is 28.0 Å². The van der Waals surface area contributed by atoms with Crippen LogP contribution < -0.4 is 15.4 Å². The second-order valence-corrected chi connectivity index (χ2v) is 7.89. The molecule has 0 unspecified atom stereocenters. The van der Waals surface area contributed by atoms with Gasteiger partial charge in [0.2, 0.25) is 11.8 Å². The molecule has 4 aromatic rings. The van der Waals surface area contributed by atoms with Crippen molar-refractivity contribution in [2.45, 2.75) is 19.9 Å². The van der Waals surface area contributed by atoms with E-state index >= 15 is 0 Å². The molecule has 9 nitrogen and oxygen atoms in total. The predicted octanol–water partition coefficient (Wildman–Crippen LogP) is 3.94. The fraction of sp³-hybridized carbons (Fsp3) is 0.238. The molecular formula is C21H20ClF2N7O2. The fourth-order valence-corrected chi connectivity index (χ4v) is 3.39. The molecule has 0 radical (unpaired) electrons. The summed E-state index contributed by atoms with van der Waals surface area (Å²) in [5, 5.41) is 17.7. The molecule has 2 aromatic carbocycles. The molecule has 4 rings (SSSR count). The second-order valence-electron chi connectivity index (χ2n) is 7.52. The van der Waals surface area contributed by atoms with Crippen LogP contribution in [0.2, 0.25) is 5.02 Å². The minimum atomic E-state index is -1.24. The van der Waals surface area contributed by atoms with Crippen LogP contribution in [-0.4, -0.2) is 43.5 Å². The monoisotopic (exact) mass is 475 g/mol. The molecule has 0 aliphatic carbocycles. The first-order valence-electron chi connectivity index (χ1n) is 9.94. The fourth-order valence-electron chi connectivity index (χ4n) is 3.13. The number of nitrogens with zero attached hydrogens (tertiary/aromatic N) is 4. The van der Waals surface area contributed by atoms with Crippen molar-refractivity contribution < 1.29 is 18.3 Å². The minimum Gasteiger partial charge on any atom is -0.481 e. The Balaban J connectivity index is 1.56. The van der Waals surface area contributed by atoms with Gasteiger partial charge in [-0.25, -0.2) is 9.07 Å². The van der Waals surface area contributed by atoms with Gasteiger partial charge in [-0.1, -0.05) is 11.6 Å². The maximum Gasteiger partial charge on any atom is 0.258 e. The number of benzene rings is 2. The van der Waals surface area contributed by atoms with Gasteiger partial charge in [-0.15, -0.1) is 5.10 Å². The van der Waals surface area contributed by atoms with Gasteiger partial charge in [0.25, 0.3) is 5.91 Å². The summed E-state index contributed by atoms with van der Waals surface area (Å²) in [6.07, 6.45) is 1.60. The lowest BCUT2D eigenvalue weighted by atomic mass is 10.2. The molecule has 3 N–H and O–H groups in total. The van der Waals surface area contributed by atoms with E-state index in [1.54, 1.807) is 39.2 Å². The average Bonchev–Trinajstić information content (AvgIpc) is 3.38. The van der Waals surface area contributed by atoms with Crippen molar-refractivity contribution in [1.29, 1.82) is 0 Å². The number of rotatable bonds is 7. The summed E-state index contributed by atoms with van der Waals surface area (Å²) in [7, 11) is 1.60. The number of halogens is 3. The second kappa shape index (κ2) is 9.02. The number of hydrogen-bond acceptors (Lipinski definition) is 6. The van der Waals surface area contributed by atoms with Crippen molar-refractivity contribution in [2.24, 2.45) is 7.05 Å². The van der Waals surface area contributed by atoms with Crippen LogP contribution in [0, 0.1) is 11.6 Å². The summed E-state index contributed by atoms with van der Waals surface area (Å²) < 4.78 is 35.8. The molecule has 0 saturated carbocycles. The summed E-state index contributed by atoms with van der Waals surface area (Å²) in [6, 6.07) is 5.95. The third-order valence-corrected chi connectivity index (χ3v) is 5.07. The van der Waals surface area contributed by atoms with Crippen molar-refractivity contribution in [3.05, 3.63) is 47.1 Å². The molecule has 12 heteroatoms. The van der Waals surface area contributed by atoms with E-state index in [1.165, 1.54) is 16.8 Å². The number of aryl methyl sites for hydroxylation is 1. The van der Waals surface area contributed by atoms with Crippen molar-refractivity contribution >= 4 is 40.0 Å². The molecule has 0 fully saturated rings. The van der Waals surface area contributed by atoms with Crippen LogP contribution in [0.1, 0.15) is 13.8 Å². The highest BCUT2D eigenvalue weighted by Gasteiger charge is 2.21. The van der Waals surface area contributed by atoms with Crippen LogP contribution in [0.25, 0.3) is 22.3 Å². The van der Waals surface area contributed by atoms with E-state index in [1.807, 2.05) is 0 Å². The van der Waals surface area contributed by atoms with E-state index in [0.717, 1.165) is 10.9 Å². The number of aromatic amines is 1. The number of fused-ring (bicyclic) bond motifs is 1. The van der Waals surface area contributed by atoms with Gasteiger partial charge in [0, 0.05) is 18.5 Å². The number of hydrogen-bond donors (Lipinski definition) is 3. The van der Waals surface area contributed by atoms with E-state index in [9.17, 15) is 13.6 Å². The average molecular weight is 476 g/mol. The summed E-state index contributed by atoms with van der Waals surface area (Å²) >= 11 is 6.42. The Morgan fingerprint density at radius 2 is 2.03 bits per heavy atom. The van der Waals surface area contributed by atoms with Crippen molar-refractivity contribution in [1.82, 2.24) is 30.3 Å². The first-order valence-corrected chi connectivity index (χ1v) is 10.3. The molecule has 0 aliphatic rings. The van der Waals surface area contributed by atoms with Gasteiger partial charge in [-0.3, -0.25) is 9.89 Å². The maximum absolute atomic E-state index is 14.8. The number of carbonyl (C=O) groups is 1. The van der Waals surface area contributed by atoms with Gasteiger partial charge in [-0.05, 0) is 38.1 Å². The summed E-state index contributed by atoms with van der Waals surface area (Å²) in [4.78, 5) is 16.0. The first kappa shape index (κ1) is 22.5. The number of H-pyrrole nitrogens is 1. The van der Waals surface area contributed by atoms with Gasteiger partial charge in [0.15, 0.2) is 24.0 Å². The molecule has 0 aliphatic heterocycles. The van der Waals surface area contributed by atoms with Crippen LogP contribution in [0.3, 0.4) is 0 Å². The lowest BCUT2D eigenvalue weighted by Gasteiger charge is -2.11. The number of ether oxygens (including phenoxy) is 1. The van der Waals surface area contributed by atoms with Crippen molar-refractivity contribution in [3.8, 4) is 17.1 Å². The normalized spacial score (nSPS) is 11.2. The van der Waals surface area contributed by atoms with E-state index in [0.29, 0.717) is 10.7 Å². The van der Waals surface area contributed by atoms with Crippen LogP contribution in [-0.2, 0) is 11.8 Å². The number of nitrogens with one attached hydrogen (secondary N) is 3. The van der Waals surface area contributed by atoms with E-state index in [-0.39, 0.29) is 29.1 Å². The van der Waals surface area contributed by atoms with Gasteiger partial charge >= 0.3 is 0 Å². The van der Waals surface area contributed by atoms with E-state index in [4.69, 9.17) is 16.3 Å². The molecule has 2 aromatic heterocycles. The Hall–Kier alpha value is -3.73. The van der Waals surface area contributed by atoms with Gasteiger partial charge in [0.1, 0.15) is 0 Å². The quantitative estimate of drug-likeness (QED) is 0.373. The van der Waals surface area contributed by atoms with Crippen LogP contribution in [0.5, 0.6) is 5.75 Å². The van der Waals surface area contributed by atoms with Gasteiger partial charge < -0.3 is 15.4 Å². The third kappa shape index (κ3) is 4.58. The smallest absolute Gasteiger partial charge is 0.258 e. The Labute approximate surface area is 192 Å². The largest absolute Gasteiger partial charge is 0.481 e. The minimum absolute atomic E-state index is 0.0407. The highest BCUT2D eigenvalue weighted by Crippen LogP contribution is 2.33. The molecule has 33 heavy (non-hydrogen) atoms. The zero-order valence-corrected chi connectivity index (χ0v) is 18.7. The predicted molar refractivity (Wildman–Crippen MR) is 120 cm³/mol. The molecular weight excluding hydrogens is 456 g/mol. The van der Waals surface area contributed by atoms with Crippen molar-refractivity contribution in [2.75, 3.05) is 11.9 Å². The Morgan fingerprint density at radius 3 is 2.79 bits per heavy atom. The molecule has 0 saturated heterocycles. The highest BCUT2D eigenvalue weighted by atomic mass is 35.5. The molecule has 1 amide bonds. The van der Waals surface area contributed by atoms with Crippen molar-refractivity contribution in [3.63, 3.8) is 0 Å². The molecule has 172 valence electrons. The molecule has 0 atom stereocenters. The number of amides is 1. The number of aromatic nitrogens is 5. The van der Waals surface area contributed by atoms with Crippen LogP contribution in [0.15, 0.2) is 30.5 Å². The van der Waals surface area contributed by atoms with Gasteiger partial charge in [-0.2, -0.15) is 14.5 Å². The summed E-state index contributed by atoms with van der Waals surface area (Å²) in [5.41, 5.74) is 1.15. The lowest BCUT2D eigenvalue weighted by Crippen LogP contribution is -2.34. The zero-order valence-electron chi connectivity index (χ0n) is 17.9. The maximum atomic E-state index is 14.8. The number of carbonyl (C=O) groups excluding carboxylic acids is 1. The molecule has 0 bridgehead atoms. The standard InChI is InChI=1S/C21H20ClF2N7O2/c1-10(2)26-16(32)9-33-15-7-4-11(18(23)19(15)24)20-28-21(31(3)30-20)27-14-6-5-13-12(17(14)22)8-25-29-13/h4-8,10H,9H2,1-3H3,(H,25,29)(H,26,32)(H,27,28,30). The van der Waals surface area contributed by atoms with Crippen LogP contribution >= 0.6 is 11.6 Å². The first-order chi connectivity index (χ1) is 15.7. The Morgan fingerprint density at radius 1 is 1.24 bits per heavy atom.